The van der Waals surface area contributed by atoms with Crippen LogP contribution in [0.4, 0.5) is 0 Å². The number of rotatable bonds is 12. The molecule has 9 heteroatoms. The van der Waals surface area contributed by atoms with Gasteiger partial charge in [0.15, 0.2) is 23.0 Å². The normalized spacial score (nSPS) is 10.9. The zero-order valence-electron chi connectivity index (χ0n) is 20.8. The second kappa shape index (κ2) is 12.9. The van der Waals surface area contributed by atoms with Gasteiger partial charge in [-0.25, -0.2) is 0 Å². The molecule has 0 aliphatic rings. The van der Waals surface area contributed by atoms with Gasteiger partial charge in [0.1, 0.15) is 11.5 Å². The van der Waals surface area contributed by atoms with Gasteiger partial charge in [0.25, 0.3) is 11.8 Å². The van der Waals surface area contributed by atoms with E-state index in [0.29, 0.717) is 47.5 Å². The van der Waals surface area contributed by atoms with E-state index in [1.165, 1.54) is 32.6 Å². The number of methoxy groups -OCH3 is 2. The standard InChI is InChI=1S/C27H30N2O7/c1-5-34-23-11-9-18(14-25(23)35-6-2)17-28-27(31)21(16-20-8-7-13-36-20)29-26(30)19-10-12-22(32-3)24(15-19)33-4/h7-16H,5-6,17H2,1-4H3,(H,28,31)(H,29,30)/b21-16-. The van der Waals surface area contributed by atoms with Gasteiger partial charge in [0.2, 0.25) is 0 Å². The number of hydrogen-bond acceptors (Lipinski definition) is 7. The molecule has 1 heterocycles. The van der Waals surface area contributed by atoms with E-state index in [9.17, 15) is 9.59 Å². The molecule has 0 saturated carbocycles. The van der Waals surface area contributed by atoms with Gasteiger partial charge in [-0.15, -0.1) is 0 Å². The fourth-order valence-electron chi connectivity index (χ4n) is 3.33. The first-order valence-electron chi connectivity index (χ1n) is 11.4. The van der Waals surface area contributed by atoms with Gasteiger partial charge in [-0.1, -0.05) is 6.07 Å². The molecule has 0 fully saturated rings. The minimum absolute atomic E-state index is 0.0145. The molecule has 0 spiro atoms. The van der Waals surface area contributed by atoms with Crippen LogP contribution in [0, 0.1) is 0 Å². The van der Waals surface area contributed by atoms with Crippen LogP contribution in [0.5, 0.6) is 23.0 Å². The topological polar surface area (TPSA) is 108 Å². The Balaban J connectivity index is 1.78. The molecular formula is C27H30N2O7. The molecule has 36 heavy (non-hydrogen) atoms. The number of ether oxygens (including phenoxy) is 4. The molecule has 9 nitrogen and oxygen atoms in total. The molecule has 190 valence electrons. The molecule has 0 bridgehead atoms. The highest BCUT2D eigenvalue weighted by Crippen LogP contribution is 2.29. The van der Waals surface area contributed by atoms with Gasteiger partial charge in [-0.2, -0.15) is 0 Å². The number of furan rings is 1. The maximum atomic E-state index is 13.1. The van der Waals surface area contributed by atoms with Gasteiger partial charge in [-0.3, -0.25) is 9.59 Å². The maximum absolute atomic E-state index is 13.1. The van der Waals surface area contributed by atoms with Gasteiger partial charge in [-0.05, 0) is 61.9 Å². The minimum Gasteiger partial charge on any atom is -0.493 e. The van der Waals surface area contributed by atoms with Crippen LogP contribution in [-0.4, -0.2) is 39.2 Å². The molecule has 2 aromatic carbocycles. The summed E-state index contributed by atoms with van der Waals surface area (Å²) in [5.41, 5.74) is 1.11. The van der Waals surface area contributed by atoms with E-state index >= 15 is 0 Å². The summed E-state index contributed by atoms with van der Waals surface area (Å²) < 4.78 is 27.1. The Morgan fingerprint density at radius 3 is 2.28 bits per heavy atom. The van der Waals surface area contributed by atoms with Gasteiger partial charge in [0.05, 0.1) is 33.7 Å². The van der Waals surface area contributed by atoms with Gasteiger partial charge in [0, 0.05) is 18.2 Å². The van der Waals surface area contributed by atoms with Crippen LogP contribution in [0.2, 0.25) is 0 Å². The summed E-state index contributed by atoms with van der Waals surface area (Å²) in [4.78, 5) is 26.0. The van der Waals surface area contributed by atoms with Crippen LogP contribution in [0.15, 0.2) is 64.9 Å². The summed E-state index contributed by atoms with van der Waals surface area (Å²) in [7, 11) is 2.99. The first-order valence-corrected chi connectivity index (χ1v) is 11.4. The lowest BCUT2D eigenvalue weighted by molar-refractivity contribution is -0.117. The van der Waals surface area contributed by atoms with E-state index in [0.717, 1.165) is 5.56 Å². The first-order chi connectivity index (χ1) is 17.5. The fraction of sp³-hybridized carbons (Fsp3) is 0.259. The average molecular weight is 495 g/mol. The minimum atomic E-state index is -0.497. The highest BCUT2D eigenvalue weighted by atomic mass is 16.5. The summed E-state index contributed by atoms with van der Waals surface area (Å²) in [6, 6.07) is 13.5. The third-order valence-corrected chi connectivity index (χ3v) is 5.03. The molecule has 0 aliphatic heterocycles. The van der Waals surface area contributed by atoms with Crippen molar-refractivity contribution in [3.05, 3.63) is 77.4 Å². The SMILES string of the molecule is CCOc1ccc(CNC(=O)/C(=C/c2ccco2)NC(=O)c2ccc(OC)c(OC)c2)cc1OCC. The monoisotopic (exact) mass is 494 g/mol. The second-order valence-corrected chi connectivity index (χ2v) is 7.43. The lowest BCUT2D eigenvalue weighted by Crippen LogP contribution is -2.34. The number of carbonyl (C=O) groups is 2. The van der Waals surface area contributed by atoms with Crippen molar-refractivity contribution in [1.29, 1.82) is 0 Å². The Morgan fingerprint density at radius 1 is 0.889 bits per heavy atom. The molecule has 2 N–H and O–H groups in total. The smallest absolute Gasteiger partial charge is 0.268 e. The molecule has 2 amide bonds. The number of amides is 2. The van der Waals surface area contributed by atoms with E-state index in [1.54, 1.807) is 30.3 Å². The summed E-state index contributed by atoms with van der Waals surface area (Å²) >= 11 is 0. The van der Waals surface area contributed by atoms with E-state index in [-0.39, 0.29) is 12.2 Å². The van der Waals surface area contributed by atoms with E-state index in [4.69, 9.17) is 23.4 Å². The quantitative estimate of drug-likeness (QED) is 0.364. The molecular weight excluding hydrogens is 464 g/mol. The average Bonchev–Trinajstić information content (AvgIpc) is 3.41. The van der Waals surface area contributed by atoms with Crippen molar-refractivity contribution in [2.45, 2.75) is 20.4 Å². The molecule has 3 rings (SSSR count). The predicted octanol–water partition coefficient (Wildman–Crippen LogP) is 4.18. The number of nitrogens with one attached hydrogen (secondary N) is 2. The van der Waals surface area contributed by atoms with Crippen LogP contribution in [0.1, 0.15) is 35.5 Å². The summed E-state index contributed by atoms with van der Waals surface area (Å²) in [5, 5.41) is 5.49. The highest BCUT2D eigenvalue weighted by molar-refractivity contribution is 6.05. The maximum Gasteiger partial charge on any atom is 0.268 e. The summed E-state index contributed by atoms with van der Waals surface area (Å²) in [5.74, 6) is 1.53. The zero-order valence-corrected chi connectivity index (χ0v) is 20.8. The fourth-order valence-corrected chi connectivity index (χ4v) is 3.33. The third kappa shape index (κ3) is 6.82. The van der Waals surface area contributed by atoms with Gasteiger partial charge < -0.3 is 34.0 Å². The Bertz CT molecular complexity index is 1200. The Hall–Kier alpha value is -4.40. The van der Waals surface area contributed by atoms with Crippen LogP contribution >= 0.6 is 0 Å². The number of carbonyl (C=O) groups excluding carboxylic acids is 2. The van der Waals surface area contributed by atoms with Crippen molar-refractivity contribution in [3.8, 4) is 23.0 Å². The Kier molecular flexibility index (Phi) is 9.39. The second-order valence-electron chi connectivity index (χ2n) is 7.43. The summed E-state index contributed by atoms with van der Waals surface area (Å²) in [6.07, 6.45) is 2.94. The van der Waals surface area contributed by atoms with Crippen molar-refractivity contribution < 1.29 is 33.0 Å². The van der Waals surface area contributed by atoms with E-state index in [2.05, 4.69) is 10.6 Å². The molecule has 3 aromatic rings. The first kappa shape index (κ1) is 26.2. The van der Waals surface area contributed by atoms with Crippen LogP contribution in [0.3, 0.4) is 0 Å². The third-order valence-electron chi connectivity index (χ3n) is 5.03. The van der Waals surface area contributed by atoms with E-state index in [1.807, 2.05) is 26.0 Å². The van der Waals surface area contributed by atoms with Gasteiger partial charge >= 0.3 is 0 Å². The largest absolute Gasteiger partial charge is 0.493 e. The zero-order chi connectivity index (χ0) is 25.9. The van der Waals surface area contributed by atoms with Crippen molar-refractivity contribution in [3.63, 3.8) is 0 Å². The lowest BCUT2D eigenvalue weighted by atomic mass is 10.1. The highest BCUT2D eigenvalue weighted by Gasteiger charge is 2.17. The molecule has 0 saturated heterocycles. The van der Waals surface area contributed by atoms with Crippen molar-refractivity contribution in [1.82, 2.24) is 10.6 Å². The Labute approximate surface area is 210 Å². The van der Waals surface area contributed by atoms with Crippen LogP contribution < -0.4 is 29.6 Å². The molecule has 0 radical (unpaired) electrons. The lowest BCUT2D eigenvalue weighted by Gasteiger charge is -2.14. The molecule has 0 unspecified atom stereocenters. The van der Waals surface area contributed by atoms with Crippen molar-refractivity contribution >= 4 is 17.9 Å². The molecule has 0 aliphatic carbocycles. The molecule has 0 atom stereocenters. The van der Waals surface area contributed by atoms with Crippen molar-refractivity contribution in [2.24, 2.45) is 0 Å². The van der Waals surface area contributed by atoms with Crippen LogP contribution in [0.25, 0.3) is 6.08 Å². The molecule has 1 aromatic heterocycles. The van der Waals surface area contributed by atoms with Crippen LogP contribution in [-0.2, 0) is 11.3 Å². The predicted molar refractivity (Wildman–Crippen MR) is 134 cm³/mol. The number of hydrogen-bond donors (Lipinski definition) is 2. The van der Waals surface area contributed by atoms with E-state index < -0.39 is 11.8 Å². The summed E-state index contributed by atoms with van der Waals surface area (Å²) in [6.45, 7) is 4.97. The Morgan fingerprint density at radius 2 is 1.61 bits per heavy atom. The van der Waals surface area contributed by atoms with Crippen molar-refractivity contribution in [2.75, 3.05) is 27.4 Å². The number of benzene rings is 2.